The largest absolute Gasteiger partial charge is 0.490 e. The van der Waals surface area contributed by atoms with E-state index in [-0.39, 0.29) is 11.4 Å². The van der Waals surface area contributed by atoms with Gasteiger partial charge < -0.3 is 5.11 Å². The summed E-state index contributed by atoms with van der Waals surface area (Å²) in [5, 5.41) is 17.1. The molecule has 0 atom stereocenters. The van der Waals surface area contributed by atoms with Gasteiger partial charge in [-0.1, -0.05) is 29.4 Å². The molecule has 0 aliphatic rings. The molecule has 23 heavy (non-hydrogen) atoms. The zero-order chi connectivity index (χ0) is 16.2. The summed E-state index contributed by atoms with van der Waals surface area (Å²) in [6.07, 6.45) is 3.54. The van der Waals surface area contributed by atoms with Crippen LogP contribution in [0.2, 0.25) is 0 Å². The lowest BCUT2D eigenvalue weighted by atomic mass is 10.2. The van der Waals surface area contributed by atoms with Crippen LogP contribution < -0.4 is 15.2 Å². The molecule has 114 valence electrons. The molecule has 0 aliphatic carbocycles. The van der Waals surface area contributed by atoms with Gasteiger partial charge >= 0.3 is 5.56 Å². The average Bonchev–Trinajstić information content (AvgIpc) is 2.56. The molecule has 3 rings (SSSR count). The summed E-state index contributed by atoms with van der Waals surface area (Å²) < 4.78 is 1.70. The lowest BCUT2D eigenvalue weighted by Gasteiger charge is -2.00. The Bertz CT molecular complexity index is 903. The summed E-state index contributed by atoms with van der Waals surface area (Å²) in [4.78, 5) is 14.6. The Morgan fingerprint density at radius 1 is 1.09 bits per heavy atom. The fourth-order valence-corrected chi connectivity index (χ4v) is 2.31. The number of hydrogen-bond acceptors (Lipinski definition) is 3. The summed E-state index contributed by atoms with van der Waals surface area (Å²) in [6, 6.07) is 14.8. The number of aromatic hydroxyl groups is 1. The van der Waals surface area contributed by atoms with Gasteiger partial charge in [0.05, 0.1) is 0 Å². The third kappa shape index (κ3) is 3.01. The summed E-state index contributed by atoms with van der Waals surface area (Å²) in [7, 11) is 0. The molecular weight excluding hydrogens is 292 g/mol. The van der Waals surface area contributed by atoms with Crippen molar-refractivity contribution in [3.8, 4) is 11.6 Å². The van der Waals surface area contributed by atoms with Crippen LogP contribution in [-0.2, 0) is 0 Å². The maximum atomic E-state index is 12.2. The van der Waals surface area contributed by atoms with Crippen molar-refractivity contribution in [3.63, 3.8) is 0 Å². The Labute approximate surface area is 132 Å². The molecule has 0 bridgehead atoms. The van der Waals surface area contributed by atoms with Crippen molar-refractivity contribution >= 4 is 11.4 Å². The van der Waals surface area contributed by atoms with Crippen molar-refractivity contribution in [2.45, 2.75) is 6.92 Å². The van der Waals surface area contributed by atoms with E-state index in [4.69, 9.17) is 0 Å². The first-order chi connectivity index (χ1) is 11.2. The van der Waals surface area contributed by atoms with Gasteiger partial charge in [-0.25, -0.2) is 0 Å². The molecule has 0 radical (unpaired) electrons. The van der Waals surface area contributed by atoms with E-state index in [0.717, 1.165) is 0 Å². The van der Waals surface area contributed by atoms with Gasteiger partial charge in [-0.2, -0.15) is 4.57 Å². The van der Waals surface area contributed by atoms with Crippen LogP contribution in [0.4, 0.5) is 11.4 Å². The second kappa shape index (κ2) is 6.23. The second-order valence-electron chi connectivity index (χ2n) is 4.99. The Morgan fingerprint density at radius 2 is 1.74 bits per heavy atom. The third-order valence-corrected chi connectivity index (χ3v) is 3.44. The van der Waals surface area contributed by atoms with Crippen molar-refractivity contribution in [1.82, 2.24) is 4.98 Å². The molecule has 0 amide bonds. The lowest BCUT2D eigenvalue weighted by Crippen LogP contribution is -2.59. The van der Waals surface area contributed by atoms with E-state index < -0.39 is 0 Å². The number of benzene rings is 1. The van der Waals surface area contributed by atoms with Crippen molar-refractivity contribution in [3.05, 3.63) is 76.8 Å². The first kappa shape index (κ1) is 14.6. The molecule has 0 aliphatic heterocycles. The third-order valence-electron chi connectivity index (χ3n) is 3.44. The minimum atomic E-state index is -0.374. The maximum Gasteiger partial charge on any atom is 0.324 e. The standard InChI is InChI=1S/C17H14N4O2/c1-12-14(20-19-13-8-4-2-5-9-13)16(22)18-17(23)15(12)21-10-6-3-7-11-21/h2-11H,1H3,(H-,18,19,22,23)/p+2. The van der Waals surface area contributed by atoms with Crippen LogP contribution >= 0.6 is 0 Å². The van der Waals surface area contributed by atoms with Crippen LogP contribution in [0.25, 0.3) is 5.69 Å². The van der Waals surface area contributed by atoms with Crippen molar-refractivity contribution in [2.75, 3.05) is 0 Å². The van der Waals surface area contributed by atoms with Gasteiger partial charge in [0, 0.05) is 12.1 Å². The van der Waals surface area contributed by atoms with Gasteiger partial charge in [0.1, 0.15) is 11.3 Å². The Kier molecular flexibility index (Phi) is 3.97. The van der Waals surface area contributed by atoms with Gasteiger partial charge in [0.2, 0.25) is 0 Å². The highest BCUT2D eigenvalue weighted by molar-refractivity contribution is 5.52. The molecule has 3 aromatic rings. The molecule has 0 fully saturated rings. The molecule has 2 aromatic heterocycles. The Hall–Kier alpha value is -3.28. The van der Waals surface area contributed by atoms with E-state index >= 15 is 0 Å². The summed E-state index contributed by atoms with van der Waals surface area (Å²) in [5.41, 5.74) is 1.73. The van der Waals surface area contributed by atoms with Crippen molar-refractivity contribution < 1.29 is 14.8 Å². The fraction of sp³-hybridized carbons (Fsp3) is 0.0588. The van der Waals surface area contributed by atoms with Crippen LogP contribution in [0.3, 0.4) is 0 Å². The molecule has 0 saturated heterocycles. The normalized spacial score (nSPS) is 11.0. The number of rotatable bonds is 3. The van der Waals surface area contributed by atoms with Crippen LogP contribution in [0.1, 0.15) is 5.56 Å². The minimum absolute atomic E-state index is 0.243. The summed E-state index contributed by atoms with van der Waals surface area (Å²) in [5.74, 6) is -0.243. The van der Waals surface area contributed by atoms with Gasteiger partial charge in [-0.05, 0) is 24.2 Å². The number of para-hydroxylation sites is 1. The highest BCUT2D eigenvalue weighted by Gasteiger charge is 2.25. The highest BCUT2D eigenvalue weighted by atomic mass is 16.3. The second-order valence-corrected chi connectivity index (χ2v) is 4.99. The number of pyridine rings is 2. The molecule has 0 unspecified atom stereocenters. The topological polar surface area (TPSA) is 83.3 Å². The van der Waals surface area contributed by atoms with E-state index in [2.05, 4.69) is 15.2 Å². The number of nitrogens with zero attached hydrogens (tertiary/aromatic N) is 2. The summed E-state index contributed by atoms with van der Waals surface area (Å²) >= 11 is 0. The van der Waals surface area contributed by atoms with Gasteiger partial charge in [-0.3, -0.25) is 9.78 Å². The van der Waals surface area contributed by atoms with Crippen molar-refractivity contribution in [1.29, 1.82) is 0 Å². The lowest BCUT2D eigenvalue weighted by molar-refractivity contribution is -0.597. The SMILES string of the molecule is Cc1c([NH+]=Nc2ccccc2)c(O)[nH]c(=O)c1-[n+]1ccccc1. The molecule has 1 aromatic carbocycles. The van der Waals surface area contributed by atoms with E-state index in [1.165, 1.54) is 0 Å². The molecule has 6 heteroatoms. The smallest absolute Gasteiger partial charge is 0.324 e. The van der Waals surface area contributed by atoms with Crippen LogP contribution in [0, 0.1) is 6.92 Å². The predicted octanol–water partition coefficient (Wildman–Crippen LogP) is 1.16. The van der Waals surface area contributed by atoms with Crippen molar-refractivity contribution in [2.24, 2.45) is 5.11 Å². The number of nitrogens with one attached hydrogen (secondary N) is 2. The number of hydrogen-bond donors (Lipinski definition) is 3. The van der Waals surface area contributed by atoms with Gasteiger partial charge in [-0.15, -0.1) is 0 Å². The first-order valence-electron chi connectivity index (χ1n) is 7.11. The number of H-pyrrole nitrogens is 1. The zero-order valence-electron chi connectivity index (χ0n) is 12.5. The molecule has 0 saturated carbocycles. The van der Waals surface area contributed by atoms with E-state index in [0.29, 0.717) is 22.6 Å². The van der Waals surface area contributed by atoms with Crippen LogP contribution in [-0.4, -0.2) is 10.1 Å². The average molecular weight is 308 g/mol. The zero-order valence-corrected chi connectivity index (χ0v) is 12.5. The molecule has 0 spiro atoms. The van der Waals surface area contributed by atoms with Gasteiger partial charge in [0.15, 0.2) is 12.4 Å². The van der Waals surface area contributed by atoms with Crippen LogP contribution in [0.5, 0.6) is 5.88 Å². The number of aromatic nitrogens is 2. The van der Waals surface area contributed by atoms with Gasteiger partial charge in [0.25, 0.3) is 17.3 Å². The maximum absolute atomic E-state index is 12.2. The quantitative estimate of drug-likeness (QED) is 0.501. The number of azo groups is 1. The van der Waals surface area contributed by atoms with E-state index in [1.807, 2.05) is 48.5 Å². The molecule has 6 nitrogen and oxygen atoms in total. The highest BCUT2D eigenvalue weighted by Crippen LogP contribution is 2.20. The predicted molar refractivity (Wildman–Crippen MR) is 84.1 cm³/mol. The fourth-order valence-electron chi connectivity index (χ4n) is 2.31. The number of aromatic amines is 1. The first-order valence-corrected chi connectivity index (χ1v) is 7.11. The van der Waals surface area contributed by atoms with E-state index in [1.54, 1.807) is 23.9 Å². The Balaban J connectivity index is 2.12. The van der Waals surface area contributed by atoms with E-state index in [9.17, 15) is 9.90 Å². The van der Waals surface area contributed by atoms with Crippen LogP contribution in [0.15, 0.2) is 70.8 Å². The Morgan fingerprint density at radius 3 is 2.43 bits per heavy atom. The minimum Gasteiger partial charge on any atom is -0.490 e. The molecular formula is C17H16N4O2+2. The summed E-state index contributed by atoms with van der Waals surface area (Å²) in [6.45, 7) is 1.76. The molecule has 2 heterocycles. The molecule has 3 N–H and O–H groups in total. The monoisotopic (exact) mass is 308 g/mol.